The minimum absolute atomic E-state index is 0.241. The molecule has 2 heteroatoms. The Morgan fingerprint density at radius 2 is 0.891 bits per heavy atom. The van der Waals surface area contributed by atoms with E-state index in [9.17, 15) is 0 Å². The average Bonchev–Trinajstić information content (AvgIpc) is 3.76. The minimum Gasteiger partial charge on any atom is -0.310 e. The third-order valence-electron chi connectivity index (χ3n) is 14.0. The van der Waals surface area contributed by atoms with Gasteiger partial charge in [0.25, 0.3) is 0 Å². The molecule has 0 aromatic heterocycles. The van der Waals surface area contributed by atoms with Gasteiger partial charge in [0.1, 0.15) is 5.82 Å². The Morgan fingerprint density at radius 1 is 0.359 bits per heavy atom. The molecule has 10 aromatic carbocycles. The zero-order valence-corrected chi connectivity index (χ0v) is 35.8. The van der Waals surface area contributed by atoms with Gasteiger partial charge in [-0.15, -0.1) is 0 Å². The Hall–Kier alpha value is -7.81. The van der Waals surface area contributed by atoms with E-state index in [1.54, 1.807) is 12.1 Å². The van der Waals surface area contributed by atoms with Crippen molar-refractivity contribution < 1.29 is 4.39 Å². The van der Waals surface area contributed by atoms with Crippen molar-refractivity contribution in [1.82, 2.24) is 0 Å². The zero-order valence-electron chi connectivity index (χ0n) is 35.8. The van der Waals surface area contributed by atoms with E-state index in [0.717, 1.165) is 61.6 Å². The van der Waals surface area contributed by atoms with E-state index in [-0.39, 0.29) is 11.2 Å². The van der Waals surface area contributed by atoms with Gasteiger partial charge in [0.15, 0.2) is 0 Å². The molecule has 12 rings (SSSR count). The molecular formula is C62H44FN. The lowest BCUT2D eigenvalue weighted by atomic mass is 9.67. The summed E-state index contributed by atoms with van der Waals surface area (Å²) in [7, 11) is 0. The highest BCUT2D eigenvalue weighted by molar-refractivity contribution is 6.09. The van der Waals surface area contributed by atoms with E-state index in [1.165, 1.54) is 44.2 Å². The first-order valence-electron chi connectivity index (χ1n) is 22.2. The highest BCUT2D eigenvalue weighted by atomic mass is 19.1. The SMILES string of the molecule is CC1(C)c2cc(N(c3ccc4c(c3)C(c3ccccc3)(c3ccccc3)c3ccc(F)cc3-4)c3ccccc3-c3ccccc3)ccc2-c2c1cc(-c1ccccc1)c1ccccc21. The van der Waals surface area contributed by atoms with Gasteiger partial charge in [-0.05, 0) is 132 Å². The van der Waals surface area contributed by atoms with Crippen molar-refractivity contribution >= 4 is 27.8 Å². The van der Waals surface area contributed by atoms with E-state index >= 15 is 4.39 Å². The fourth-order valence-corrected chi connectivity index (χ4v) is 11.1. The Bertz CT molecular complexity index is 3370. The lowest BCUT2D eigenvalue weighted by molar-refractivity contribution is 0.626. The van der Waals surface area contributed by atoms with Crippen molar-refractivity contribution in [3.63, 3.8) is 0 Å². The molecule has 0 fully saturated rings. The standard InChI is InChI=1S/C62H44FN/c1-61(2)56-38-46(33-35-52(56)60-51-29-16-15-28-49(51)53(40-58(60)61)42-21-9-4-10-22-42)64(59-30-18-17-27-48(59)41-19-7-3-8-20-41)47-32-34-50-54-37-45(63)31-36-55(54)62(57(50)39-47,43-23-11-5-12-24-43)44-25-13-6-14-26-44/h3-40H,1-2H3. The summed E-state index contributed by atoms with van der Waals surface area (Å²) in [5.41, 5.74) is 18.6. The van der Waals surface area contributed by atoms with Gasteiger partial charge < -0.3 is 4.90 Å². The number of fused-ring (bicyclic) bond motifs is 8. The molecule has 0 amide bonds. The second-order valence-corrected chi connectivity index (χ2v) is 17.7. The molecule has 0 saturated heterocycles. The van der Waals surface area contributed by atoms with Crippen LogP contribution >= 0.6 is 0 Å². The summed E-state index contributed by atoms with van der Waals surface area (Å²) < 4.78 is 15.4. The first-order chi connectivity index (χ1) is 31.4. The number of halogens is 1. The lowest BCUT2D eigenvalue weighted by Crippen LogP contribution is -2.28. The summed E-state index contributed by atoms with van der Waals surface area (Å²) in [5, 5.41) is 2.54. The summed E-state index contributed by atoms with van der Waals surface area (Å²) in [6.45, 7) is 4.76. The fourth-order valence-electron chi connectivity index (χ4n) is 11.1. The first-order valence-corrected chi connectivity index (χ1v) is 22.2. The lowest BCUT2D eigenvalue weighted by Gasteiger charge is -2.35. The summed E-state index contributed by atoms with van der Waals surface area (Å²) >= 11 is 0. The molecule has 0 heterocycles. The van der Waals surface area contributed by atoms with Crippen LogP contribution in [0.25, 0.3) is 55.3 Å². The summed E-state index contributed by atoms with van der Waals surface area (Å²) in [5.74, 6) is -0.241. The molecule has 2 aliphatic rings. The Labute approximate surface area is 374 Å². The molecule has 10 aromatic rings. The van der Waals surface area contributed by atoms with Gasteiger partial charge in [-0.25, -0.2) is 4.39 Å². The normalized spacial score (nSPS) is 13.8. The maximum Gasteiger partial charge on any atom is 0.123 e. The number of nitrogens with zero attached hydrogens (tertiary/aromatic N) is 1. The predicted octanol–water partition coefficient (Wildman–Crippen LogP) is 16.5. The molecule has 0 spiro atoms. The van der Waals surface area contributed by atoms with Crippen molar-refractivity contribution in [2.24, 2.45) is 0 Å². The van der Waals surface area contributed by atoms with Crippen LogP contribution in [-0.4, -0.2) is 0 Å². The van der Waals surface area contributed by atoms with Gasteiger partial charge >= 0.3 is 0 Å². The van der Waals surface area contributed by atoms with Crippen LogP contribution in [0.2, 0.25) is 0 Å². The van der Waals surface area contributed by atoms with Gasteiger partial charge in [-0.3, -0.25) is 0 Å². The van der Waals surface area contributed by atoms with Crippen LogP contribution in [0.4, 0.5) is 21.5 Å². The quantitative estimate of drug-likeness (QED) is 0.155. The Kier molecular flexibility index (Phi) is 8.68. The molecule has 304 valence electrons. The van der Waals surface area contributed by atoms with Crippen LogP contribution in [-0.2, 0) is 10.8 Å². The van der Waals surface area contributed by atoms with Gasteiger partial charge in [0.2, 0.25) is 0 Å². The van der Waals surface area contributed by atoms with Crippen molar-refractivity contribution in [2.45, 2.75) is 24.7 Å². The molecule has 0 atom stereocenters. The van der Waals surface area contributed by atoms with Crippen LogP contribution in [0, 0.1) is 5.82 Å². The van der Waals surface area contributed by atoms with Gasteiger partial charge in [0, 0.05) is 22.4 Å². The highest BCUT2D eigenvalue weighted by Gasteiger charge is 2.47. The Morgan fingerprint density at radius 3 is 1.55 bits per heavy atom. The zero-order chi connectivity index (χ0) is 43.0. The molecule has 0 aliphatic heterocycles. The maximum absolute atomic E-state index is 15.4. The molecule has 0 bridgehead atoms. The van der Waals surface area contributed by atoms with Gasteiger partial charge in [0.05, 0.1) is 11.1 Å². The van der Waals surface area contributed by atoms with Crippen molar-refractivity contribution in [3.8, 4) is 44.5 Å². The molecule has 1 nitrogen and oxygen atoms in total. The topological polar surface area (TPSA) is 3.24 Å². The van der Waals surface area contributed by atoms with E-state index < -0.39 is 5.41 Å². The number of hydrogen-bond acceptors (Lipinski definition) is 1. The number of benzene rings is 10. The van der Waals surface area contributed by atoms with Crippen molar-refractivity contribution in [1.29, 1.82) is 0 Å². The van der Waals surface area contributed by atoms with Gasteiger partial charge in [-0.1, -0.05) is 196 Å². The van der Waals surface area contributed by atoms with Crippen LogP contribution in [0.3, 0.4) is 0 Å². The van der Waals surface area contributed by atoms with E-state index in [2.05, 4.69) is 231 Å². The maximum atomic E-state index is 15.4. The van der Waals surface area contributed by atoms with Crippen LogP contribution < -0.4 is 4.90 Å². The summed E-state index contributed by atoms with van der Waals surface area (Å²) in [4.78, 5) is 2.44. The number of rotatable bonds is 7. The second-order valence-electron chi connectivity index (χ2n) is 17.7. The molecule has 0 N–H and O–H groups in total. The fraction of sp³-hybridized carbons (Fsp3) is 0.0645. The molecule has 2 aliphatic carbocycles. The largest absolute Gasteiger partial charge is 0.310 e. The number of para-hydroxylation sites is 1. The molecular weight excluding hydrogens is 778 g/mol. The summed E-state index contributed by atoms with van der Waals surface area (Å²) in [6, 6.07) is 82.3. The second kappa shape index (κ2) is 14.6. The van der Waals surface area contributed by atoms with Crippen molar-refractivity contribution in [2.75, 3.05) is 4.90 Å². The Balaban J connectivity index is 1.12. The minimum atomic E-state index is -0.694. The third-order valence-corrected chi connectivity index (χ3v) is 14.0. The molecule has 0 unspecified atom stereocenters. The average molecular weight is 822 g/mol. The third kappa shape index (κ3) is 5.62. The smallest absolute Gasteiger partial charge is 0.123 e. The number of hydrogen-bond donors (Lipinski definition) is 0. The van der Waals surface area contributed by atoms with E-state index in [4.69, 9.17) is 0 Å². The van der Waals surface area contributed by atoms with E-state index in [0.29, 0.717) is 0 Å². The van der Waals surface area contributed by atoms with Crippen LogP contribution in [0.1, 0.15) is 47.2 Å². The summed E-state index contributed by atoms with van der Waals surface area (Å²) in [6.07, 6.45) is 0. The molecule has 0 radical (unpaired) electrons. The first kappa shape index (κ1) is 37.9. The van der Waals surface area contributed by atoms with E-state index in [1.807, 2.05) is 6.07 Å². The number of anilines is 3. The molecule has 64 heavy (non-hydrogen) atoms. The highest BCUT2D eigenvalue weighted by Crippen LogP contribution is 2.59. The predicted molar refractivity (Wildman–Crippen MR) is 264 cm³/mol. The van der Waals surface area contributed by atoms with Crippen molar-refractivity contribution in [3.05, 3.63) is 270 Å². The van der Waals surface area contributed by atoms with Gasteiger partial charge in [-0.2, -0.15) is 0 Å². The van der Waals surface area contributed by atoms with Crippen LogP contribution in [0.5, 0.6) is 0 Å². The molecule has 0 saturated carbocycles. The monoisotopic (exact) mass is 821 g/mol. The van der Waals surface area contributed by atoms with Crippen LogP contribution in [0.15, 0.2) is 231 Å².